The van der Waals surface area contributed by atoms with Gasteiger partial charge in [0.1, 0.15) is 9.98 Å². The number of fused-ring (bicyclic) bond motifs is 1. The van der Waals surface area contributed by atoms with Crippen LogP contribution in [0.3, 0.4) is 0 Å². The second-order valence-corrected chi connectivity index (χ2v) is 6.92. The van der Waals surface area contributed by atoms with E-state index in [4.69, 9.17) is 11.6 Å². The molecule has 0 radical (unpaired) electrons. The summed E-state index contributed by atoms with van der Waals surface area (Å²) in [6.07, 6.45) is 0. The van der Waals surface area contributed by atoms with Crippen LogP contribution in [0.15, 0.2) is 0 Å². The number of rotatable bonds is 2. The van der Waals surface area contributed by atoms with Crippen LogP contribution in [-0.2, 0) is 11.3 Å². The van der Waals surface area contributed by atoms with Gasteiger partial charge in [-0.3, -0.25) is 14.5 Å². The molecule has 104 valence electrons. The highest BCUT2D eigenvalue weighted by Crippen LogP contribution is 2.33. The van der Waals surface area contributed by atoms with Gasteiger partial charge in [-0.05, 0) is 19.4 Å². The highest BCUT2D eigenvalue weighted by atomic mass is 35.5. The quantitative estimate of drug-likeness (QED) is 0.793. The van der Waals surface area contributed by atoms with Gasteiger partial charge in [-0.1, -0.05) is 23.4 Å². The first-order chi connectivity index (χ1) is 9.47. The van der Waals surface area contributed by atoms with Gasteiger partial charge >= 0.3 is 0 Å². The number of thioether (sulfide) groups is 1. The molecule has 1 aliphatic heterocycles. The maximum absolute atomic E-state index is 11.6. The molecule has 2 amide bonds. The minimum atomic E-state index is -0.256. The standard InChI is InChI=1S/C12H10ClN3O2S2/c1-5-6(2)20-11-9(5)10(13)14-7(15-11)3-16-8(17)4-19-12(16)18/h3-4H2,1-2H3. The number of carbonyl (C=O) groups excluding carboxylic acids is 2. The van der Waals surface area contributed by atoms with E-state index in [1.165, 1.54) is 11.3 Å². The Balaban J connectivity index is 2.01. The predicted octanol–water partition coefficient (Wildman–Crippen LogP) is 3.16. The van der Waals surface area contributed by atoms with E-state index in [1.807, 2.05) is 13.8 Å². The topological polar surface area (TPSA) is 63.2 Å². The molecule has 3 rings (SSSR count). The fraction of sp³-hybridized carbons (Fsp3) is 0.333. The number of imide groups is 1. The maximum Gasteiger partial charge on any atom is 0.289 e. The van der Waals surface area contributed by atoms with E-state index in [9.17, 15) is 9.59 Å². The third-order valence-electron chi connectivity index (χ3n) is 3.17. The first-order valence-electron chi connectivity index (χ1n) is 5.86. The molecule has 0 aliphatic carbocycles. The van der Waals surface area contributed by atoms with E-state index in [1.54, 1.807) is 0 Å². The summed E-state index contributed by atoms with van der Waals surface area (Å²) in [5.41, 5.74) is 1.07. The predicted molar refractivity (Wildman–Crippen MR) is 80.3 cm³/mol. The van der Waals surface area contributed by atoms with Gasteiger partial charge in [0.05, 0.1) is 17.7 Å². The summed E-state index contributed by atoms with van der Waals surface area (Å²) in [6, 6.07) is 0. The normalized spacial score (nSPS) is 15.7. The van der Waals surface area contributed by atoms with Gasteiger partial charge < -0.3 is 0 Å². The van der Waals surface area contributed by atoms with Gasteiger partial charge in [-0.15, -0.1) is 11.3 Å². The molecule has 1 saturated heterocycles. The Labute approximate surface area is 128 Å². The average Bonchev–Trinajstić information content (AvgIpc) is 2.84. The molecule has 0 aromatic carbocycles. The first kappa shape index (κ1) is 13.8. The summed E-state index contributed by atoms with van der Waals surface area (Å²) < 4.78 is 0. The van der Waals surface area contributed by atoms with Crippen LogP contribution in [0.5, 0.6) is 0 Å². The molecule has 0 unspecified atom stereocenters. The largest absolute Gasteiger partial charge is 0.289 e. The zero-order chi connectivity index (χ0) is 14.4. The van der Waals surface area contributed by atoms with Crippen LogP contribution in [0.4, 0.5) is 4.79 Å². The van der Waals surface area contributed by atoms with Crippen molar-refractivity contribution in [3.8, 4) is 0 Å². The highest BCUT2D eigenvalue weighted by Gasteiger charge is 2.30. The van der Waals surface area contributed by atoms with E-state index >= 15 is 0 Å². The summed E-state index contributed by atoms with van der Waals surface area (Å²) in [5, 5.41) is 0.971. The molecule has 1 aliphatic rings. The van der Waals surface area contributed by atoms with E-state index in [0.29, 0.717) is 11.0 Å². The van der Waals surface area contributed by atoms with E-state index in [-0.39, 0.29) is 23.4 Å². The molecule has 2 aromatic heterocycles. The zero-order valence-corrected chi connectivity index (χ0v) is 13.2. The van der Waals surface area contributed by atoms with Crippen LogP contribution in [-0.4, -0.2) is 31.8 Å². The lowest BCUT2D eigenvalue weighted by Crippen LogP contribution is -2.28. The van der Waals surface area contributed by atoms with Crippen LogP contribution >= 0.6 is 34.7 Å². The van der Waals surface area contributed by atoms with Gasteiger partial charge in [0.15, 0.2) is 5.82 Å². The van der Waals surface area contributed by atoms with Gasteiger partial charge in [-0.25, -0.2) is 9.97 Å². The SMILES string of the molecule is Cc1sc2nc(CN3C(=O)CSC3=O)nc(Cl)c2c1C. The van der Waals surface area contributed by atoms with Crippen LogP contribution in [0.25, 0.3) is 10.2 Å². The fourth-order valence-corrected chi connectivity index (χ4v) is 4.15. The molecule has 0 bridgehead atoms. The van der Waals surface area contributed by atoms with Crippen molar-refractivity contribution >= 4 is 56.1 Å². The Bertz CT molecular complexity index is 728. The summed E-state index contributed by atoms with van der Waals surface area (Å²) in [7, 11) is 0. The van der Waals surface area contributed by atoms with Crippen molar-refractivity contribution in [1.82, 2.24) is 14.9 Å². The molecular weight excluding hydrogens is 318 g/mol. The summed E-state index contributed by atoms with van der Waals surface area (Å²) >= 11 is 8.74. The summed E-state index contributed by atoms with van der Waals surface area (Å²) in [4.78, 5) is 34.9. The monoisotopic (exact) mass is 327 g/mol. The van der Waals surface area contributed by atoms with E-state index < -0.39 is 0 Å². The molecular formula is C12H10ClN3O2S2. The van der Waals surface area contributed by atoms with Gasteiger partial charge in [-0.2, -0.15) is 0 Å². The van der Waals surface area contributed by atoms with Gasteiger partial charge in [0.25, 0.3) is 5.24 Å². The highest BCUT2D eigenvalue weighted by molar-refractivity contribution is 8.14. The Hall–Kier alpha value is -1.18. The van der Waals surface area contributed by atoms with E-state index in [2.05, 4.69) is 9.97 Å². The van der Waals surface area contributed by atoms with Crippen molar-refractivity contribution in [2.24, 2.45) is 0 Å². The van der Waals surface area contributed by atoms with Crippen molar-refractivity contribution in [1.29, 1.82) is 0 Å². The number of aromatic nitrogens is 2. The Morgan fingerprint density at radius 1 is 1.30 bits per heavy atom. The molecule has 3 heterocycles. The Morgan fingerprint density at radius 2 is 2.05 bits per heavy atom. The molecule has 0 N–H and O–H groups in total. The van der Waals surface area contributed by atoms with Crippen LogP contribution < -0.4 is 0 Å². The first-order valence-corrected chi connectivity index (χ1v) is 8.04. The molecule has 5 nitrogen and oxygen atoms in total. The summed E-state index contributed by atoms with van der Waals surface area (Å²) in [5.74, 6) is 0.373. The lowest BCUT2D eigenvalue weighted by molar-refractivity contribution is -0.125. The number of thiophene rings is 1. The third kappa shape index (κ3) is 2.19. The number of halogens is 1. The smallest absolute Gasteiger partial charge is 0.273 e. The molecule has 0 spiro atoms. The second kappa shape index (κ2) is 4.98. The molecule has 20 heavy (non-hydrogen) atoms. The minimum absolute atomic E-state index is 0.0797. The zero-order valence-electron chi connectivity index (χ0n) is 10.8. The van der Waals surface area contributed by atoms with E-state index in [0.717, 1.165) is 37.3 Å². The van der Waals surface area contributed by atoms with Gasteiger partial charge in [0.2, 0.25) is 5.91 Å². The molecule has 2 aromatic rings. The van der Waals surface area contributed by atoms with Crippen molar-refractivity contribution in [3.63, 3.8) is 0 Å². The summed E-state index contributed by atoms with van der Waals surface area (Å²) in [6.45, 7) is 4.06. The molecule has 0 atom stereocenters. The van der Waals surface area contributed by atoms with Crippen molar-refractivity contribution in [2.75, 3.05) is 5.75 Å². The number of hydrogen-bond donors (Lipinski definition) is 0. The average molecular weight is 328 g/mol. The van der Waals surface area contributed by atoms with Crippen molar-refractivity contribution < 1.29 is 9.59 Å². The number of carbonyl (C=O) groups is 2. The van der Waals surface area contributed by atoms with Crippen LogP contribution in [0, 0.1) is 13.8 Å². The number of amides is 2. The Morgan fingerprint density at radius 3 is 2.70 bits per heavy atom. The van der Waals surface area contributed by atoms with Gasteiger partial charge in [0, 0.05) is 4.88 Å². The van der Waals surface area contributed by atoms with Crippen LogP contribution in [0.1, 0.15) is 16.3 Å². The van der Waals surface area contributed by atoms with Crippen LogP contribution in [0.2, 0.25) is 5.15 Å². The van der Waals surface area contributed by atoms with Crippen molar-refractivity contribution in [3.05, 3.63) is 21.4 Å². The number of hydrogen-bond acceptors (Lipinski definition) is 6. The second-order valence-electron chi connectivity index (χ2n) is 4.43. The number of aryl methyl sites for hydroxylation is 2. The third-order valence-corrected chi connectivity index (χ3v) is 5.40. The molecule has 1 fully saturated rings. The van der Waals surface area contributed by atoms with Crippen molar-refractivity contribution in [2.45, 2.75) is 20.4 Å². The lowest BCUT2D eigenvalue weighted by atomic mass is 10.2. The minimum Gasteiger partial charge on any atom is -0.273 e. The maximum atomic E-state index is 11.6. The Kier molecular flexibility index (Phi) is 3.43. The molecule has 0 saturated carbocycles. The fourth-order valence-electron chi connectivity index (χ4n) is 1.99. The lowest BCUT2D eigenvalue weighted by Gasteiger charge is -2.11. The molecule has 8 heteroatoms. The number of nitrogens with zero attached hydrogens (tertiary/aromatic N) is 3.